The van der Waals surface area contributed by atoms with Gasteiger partial charge in [0.05, 0.1) is 10.2 Å². The van der Waals surface area contributed by atoms with Gasteiger partial charge in [-0.15, -0.1) is 0 Å². The third kappa shape index (κ3) is 3.23. The van der Waals surface area contributed by atoms with Gasteiger partial charge in [-0.05, 0) is 35.9 Å². The van der Waals surface area contributed by atoms with E-state index in [1.165, 1.54) is 17.0 Å². The summed E-state index contributed by atoms with van der Waals surface area (Å²) < 4.78 is 1.05. The Bertz CT molecular complexity index is 791. The van der Waals surface area contributed by atoms with Crippen molar-refractivity contribution in [1.29, 1.82) is 0 Å². The van der Waals surface area contributed by atoms with Crippen LogP contribution in [-0.4, -0.2) is 25.3 Å². The molecule has 0 aliphatic carbocycles. The monoisotopic (exact) mass is 315 g/mol. The molecular weight excluding hydrogens is 302 g/mol. The van der Waals surface area contributed by atoms with E-state index < -0.39 is 0 Å². The zero-order valence-corrected chi connectivity index (χ0v) is 13.3. The molecule has 0 unspecified atom stereocenters. The van der Waals surface area contributed by atoms with Gasteiger partial charge < -0.3 is 4.90 Å². The first kappa shape index (κ1) is 14.0. The summed E-state index contributed by atoms with van der Waals surface area (Å²) in [6, 6.07) is 13.9. The number of nitrogens with zero attached hydrogens (tertiary/aromatic N) is 3. The number of rotatable bonds is 3. The van der Waals surface area contributed by atoms with Crippen molar-refractivity contribution in [3.63, 3.8) is 0 Å². The van der Waals surface area contributed by atoms with Crippen molar-refractivity contribution < 1.29 is 0 Å². The van der Waals surface area contributed by atoms with Crippen LogP contribution in [0.4, 0.5) is 10.8 Å². The minimum atomic E-state index is 0.723. The zero-order valence-electron chi connectivity index (χ0n) is 11.7. The molecule has 1 heterocycles. The Hall–Kier alpha value is -1.91. The quantitative estimate of drug-likeness (QED) is 0.651. The molecule has 0 radical (unpaired) electrons. The van der Waals surface area contributed by atoms with Crippen molar-refractivity contribution in [1.82, 2.24) is 4.98 Å². The average molecular weight is 316 g/mol. The van der Waals surface area contributed by atoms with Crippen LogP contribution in [0.1, 0.15) is 5.56 Å². The highest BCUT2D eigenvalue weighted by molar-refractivity contribution is 7.22. The molecule has 0 bridgehead atoms. The lowest BCUT2D eigenvalue weighted by Gasteiger charge is -2.11. The van der Waals surface area contributed by atoms with E-state index in [-0.39, 0.29) is 0 Å². The highest BCUT2D eigenvalue weighted by Crippen LogP contribution is 2.29. The lowest BCUT2D eigenvalue weighted by Crippen LogP contribution is -2.08. The topological polar surface area (TPSA) is 28.5 Å². The Morgan fingerprint density at radius 2 is 1.90 bits per heavy atom. The fourth-order valence-electron chi connectivity index (χ4n) is 1.93. The summed E-state index contributed by atoms with van der Waals surface area (Å²) in [6.45, 7) is 0. The molecule has 0 amide bonds. The molecule has 106 valence electrons. The lowest BCUT2D eigenvalue weighted by atomic mass is 10.2. The molecule has 21 heavy (non-hydrogen) atoms. The van der Waals surface area contributed by atoms with E-state index >= 15 is 0 Å². The lowest BCUT2D eigenvalue weighted by molar-refractivity contribution is 1.13. The van der Waals surface area contributed by atoms with Crippen LogP contribution in [0.5, 0.6) is 0 Å². The molecule has 0 aliphatic heterocycles. The first-order valence-corrected chi connectivity index (χ1v) is 7.69. The SMILES string of the molecule is CN(C)c1ccc(/C=N/c2nc3ccc(Cl)cc3s2)cc1. The Morgan fingerprint density at radius 1 is 1.14 bits per heavy atom. The summed E-state index contributed by atoms with van der Waals surface area (Å²) in [6.07, 6.45) is 1.83. The standard InChI is InChI=1S/C16H14ClN3S/c1-20(2)13-6-3-11(4-7-13)10-18-16-19-14-8-5-12(17)9-15(14)21-16/h3-10H,1-2H3/b18-10+. The Morgan fingerprint density at radius 3 is 2.62 bits per heavy atom. The molecule has 2 aromatic carbocycles. The maximum Gasteiger partial charge on any atom is 0.210 e. The Balaban J connectivity index is 1.83. The summed E-state index contributed by atoms with van der Waals surface area (Å²) in [5, 5.41) is 1.46. The van der Waals surface area contributed by atoms with Crippen LogP contribution in [0.25, 0.3) is 10.2 Å². The van der Waals surface area contributed by atoms with E-state index in [4.69, 9.17) is 11.6 Å². The van der Waals surface area contributed by atoms with Crippen molar-refractivity contribution >= 4 is 50.2 Å². The van der Waals surface area contributed by atoms with Crippen LogP contribution in [0, 0.1) is 0 Å². The minimum absolute atomic E-state index is 0.723. The molecule has 0 spiro atoms. The van der Waals surface area contributed by atoms with Crippen LogP contribution in [0.15, 0.2) is 47.5 Å². The molecule has 1 aromatic heterocycles. The van der Waals surface area contributed by atoms with Crippen LogP contribution in [0.3, 0.4) is 0 Å². The molecule has 0 N–H and O–H groups in total. The number of fused-ring (bicyclic) bond motifs is 1. The number of aliphatic imine (C=N–C) groups is 1. The van der Waals surface area contributed by atoms with E-state index in [0.717, 1.165) is 25.9 Å². The van der Waals surface area contributed by atoms with Crippen molar-refractivity contribution in [3.05, 3.63) is 53.1 Å². The van der Waals surface area contributed by atoms with E-state index in [1.54, 1.807) is 0 Å². The Labute approximate surface area is 132 Å². The van der Waals surface area contributed by atoms with Crippen LogP contribution < -0.4 is 4.90 Å². The molecule has 0 saturated heterocycles. The second-order valence-corrected chi connectivity index (χ2v) is 6.30. The molecule has 0 atom stereocenters. The highest BCUT2D eigenvalue weighted by Gasteiger charge is 2.02. The van der Waals surface area contributed by atoms with Gasteiger partial charge >= 0.3 is 0 Å². The number of benzene rings is 2. The summed E-state index contributed by atoms with van der Waals surface area (Å²) in [5.74, 6) is 0. The summed E-state index contributed by atoms with van der Waals surface area (Å²) >= 11 is 7.51. The second kappa shape index (κ2) is 5.84. The van der Waals surface area contributed by atoms with Crippen LogP contribution in [0.2, 0.25) is 5.02 Å². The fraction of sp³-hybridized carbons (Fsp3) is 0.125. The Kier molecular flexibility index (Phi) is 3.90. The van der Waals surface area contributed by atoms with Gasteiger partial charge in [-0.25, -0.2) is 9.98 Å². The molecular formula is C16H14ClN3S. The van der Waals surface area contributed by atoms with Crippen molar-refractivity contribution in [2.24, 2.45) is 4.99 Å². The van der Waals surface area contributed by atoms with Crippen molar-refractivity contribution in [3.8, 4) is 0 Å². The number of anilines is 1. The maximum atomic E-state index is 5.98. The molecule has 3 nitrogen and oxygen atoms in total. The fourth-order valence-corrected chi connectivity index (χ4v) is 3.02. The van der Waals surface area contributed by atoms with Crippen molar-refractivity contribution in [2.45, 2.75) is 0 Å². The van der Waals surface area contributed by atoms with E-state index in [9.17, 15) is 0 Å². The summed E-state index contributed by atoms with van der Waals surface area (Å²) in [5.41, 5.74) is 3.15. The van der Waals surface area contributed by atoms with Gasteiger partial charge in [-0.3, -0.25) is 0 Å². The van der Waals surface area contributed by atoms with Crippen LogP contribution in [-0.2, 0) is 0 Å². The summed E-state index contributed by atoms with van der Waals surface area (Å²) in [7, 11) is 4.05. The van der Waals surface area contributed by atoms with Gasteiger partial charge in [-0.2, -0.15) is 0 Å². The second-order valence-electron chi connectivity index (χ2n) is 4.85. The third-order valence-electron chi connectivity index (χ3n) is 3.07. The van der Waals surface area contributed by atoms with Gasteiger partial charge in [0.2, 0.25) is 5.13 Å². The highest BCUT2D eigenvalue weighted by atomic mass is 35.5. The maximum absolute atomic E-state index is 5.98. The average Bonchev–Trinajstić information content (AvgIpc) is 2.87. The van der Waals surface area contributed by atoms with Gasteiger partial charge in [0.25, 0.3) is 0 Å². The number of halogens is 1. The molecule has 0 fully saturated rings. The molecule has 0 saturated carbocycles. The number of aromatic nitrogens is 1. The van der Waals surface area contributed by atoms with Gasteiger partial charge in [0.1, 0.15) is 0 Å². The zero-order chi connectivity index (χ0) is 14.8. The number of hydrogen-bond acceptors (Lipinski definition) is 4. The first-order chi connectivity index (χ1) is 10.1. The predicted molar refractivity (Wildman–Crippen MR) is 92.7 cm³/mol. The van der Waals surface area contributed by atoms with Gasteiger partial charge in [-0.1, -0.05) is 35.1 Å². The van der Waals surface area contributed by atoms with Crippen molar-refractivity contribution in [2.75, 3.05) is 19.0 Å². The number of hydrogen-bond donors (Lipinski definition) is 0. The minimum Gasteiger partial charge on any atom is -0.378 e. The van der Waals surface area contributed by atoms with E-state index in [1.807, 2.05) is 50.6 Å². The molecule has 0 aliphatic rings. The largest absolute Gasteiger partial charge is 0.378 e. The third-order valence-corrected chi connectivity index (χ3v) is 4.23. The van der Waals surface area contributed by atoms with Gasteiger partial charge in [0.15, 0.2) is 0 Å². The number of thiazole rings is 1. The molecule has 3 aromatic rings. The van der Waals surface area contributed by atoms with Gasteiger partial charge in [0, 0.05) is 31.0 Å². The predicted octanol–water partition coefficient (Wildman–Crippen LogP) is 4.77. The molecule has 3 rings (SSSR count). The molecule has 5 heteroatoms. The normalized spacial score (nSPS) is 11.4. The van der Waals surface area contributed by atoms with E-state index in [2.05, 4.69) is 27.0 Å². The van der Waals surface area contributed by atoms with Crippen LogP contribution >= 0.6 is 22.9 Å². The first-order valence-electron chi connectivity index (χ1n) is 6.49. The van der Waals surface area contributed by atoms with E-state index in [0.29, 0.717) is 0 Å². The smallest absolute Gasteiger partial charge is 0.210 e. The summed E-state index contributed by atoms with van der Waals surface area (Å²) in [4.78, 5) is 11.0.